The number of benzene rings is 2. The lowest BCUT2D eigenvalue weighted by Gasteiger charge is -2.30. The Labute approximate surface area is 181 Å². The molecule has 0 bridgehead atoms. The maximum Gasteiger partial charge on any atom is 0.274 e. The lowest BCUT2D eigenvalue weighted by Crippen LogP contribution is -2.36. The van der Waals surface area contributed by atoms with Crippen LogP contribution in [-0.4, -0.2) is 41.7 Å². The third kappa shape index (κ3) is 5.06. The van der Waals surface area contributed by atoms with Crippen molar-refractivity contribution in [2.45, 2.75) is 38.3 Å². The maximum atomic E-state index is 13.4. The molecule has 2 amide bonds. The van der Waals surface area contributed by atoms with Crippen LogP contribution >= 0.6 is 0 Å². The van der Waals surface area contributed by atoms with Crippen molar-refractivity contribution in [3.63, 3.8) is 0 Å². The molecule has 0 saturated carbocycles. The van der Waals surface area contributed by atoms with E-state index in [2.05, 4.69) is 0 Å². The van der Waals surface area contributed by atoms with Gasteiger partial charge in [-0.05, 0) is 42.9 Å². The smallest absolute Gasteiger partial charge is 0.274 e. The molecule has 0 aliphatic carbocycles. The number of nitrogens with zero attached hydrogens (tertiary/aromatic N) is 1. The minimum absolute atomic E-state index is 0.106. The normalized spacial score (nSPS) is 19.1. The fourth-order valence-electron chi connectivity index (χ4n) is 4.30. The van der Waals surface area contributed by atoms with Gasteiger partial charge >= 0.3 is 0 Å². The molecular formula is C24H28N2O5. The van der Waals surface area contributed by atoms with E-state index < -0.39 is 5.91 Å². The van der Waals surface area contributed by atoms with Gasteiger partial charge in [-0.2, -0.15) is 0 Å². The molecule has 7 heteroatoms. The lowest BCUT2D eigenvalue weighted by molar-refractivity contribution is -0.135. The van der Waals surface area contributed by atoms with Gasteiger partial charge in [-0.15, -0.1) is 0 Å². The monoisotopic (exact) mass is 424 g/mol. The molecule has 2 aromatic rings. The number of ether oxygens (including phenoxy) is 2. The molecule has 0 radical (unpaired) electrons. The second-order valence-electron chi connectivity index (χ2n) is 8.12. The van der Waals surface area contributed by atoms with Gasteiger partial charge in [0.05, 0.1) is 12.6 Å². The van der Waals surface area contributed by atoms with E-state index >= 15 is 0 Å². The van der Waals surface area contributed by atoms with Crippen LogP contribution in [0.1, 0.15) is 53.2 Å². The SMILES string of the molecule is O=C(NO)c1ccc2c(c1)OC[C@H](c1ccccc1)N(C(=O)CCC1CCOCC1)C2. The van der Waals surface area contributed by atoms with Gasteiger partial charge in [-0.1, -0.05) is 36.4 Å². The minimum Gasteiger partial charge on any atom is -0.491 e. The fourth-order valence-corrected chi connectivity index (χ4v) is 4.30. The molecule has 2 aliphatic heterocycles. The Morgan fingerprint density at radius 1 is 1.10 bits per heavy atom. The highest BCUT2D eigenvalue weighted by Crippen LogP contribution is 2.33. The summed E-state index contributed by atoms with van der Waals surface area (Å²) in [4.78, 5) is 27.0. The van der Waals surface area contributed by atoms with Crippen LogP contribution in [0.25, 0.3) is 0 Å². The van der Waals surface area contributed by atoms with E-state index in [9.17, 15) is 9.59 Å². The van der Waals surface area contributed by atoms with Crippen molar-refractivity contribution in [3.8, 4) is 5.75 Å². The van der Waals surface area contributed by atoms with Crippen LogP contribution in [0.15, 0.2) is 48.5 Å². The lowest BCUT2D eigenvalue weighted by atomic mass is 9.94. The largest absolute Gasteiger partial charge is 0.491 e. The predicted octanol–water partition coefficient (Wildman–Crippen LogP) is 3.47. The standard InChI is InChI=1S/C24H28N2O5/c27-23(9-6-17-10-12-30-13-11-17)26-15-20-8-7-19(24(28)25-29)14-22(20)31-16-21(26)18-4-2-1-3-5-18/h1-5,7-8,14,17,21,29H,6,9-13,15-16H2,(H,25,28)/t21-/m1/s1. The third-order valence-corrected chi connectivity index (χ3v) is 6.16. The number of hydroxylamine groups is 1. The molecule has 0 spiro atoms. The number of carbonyl (C=O) groups excluding carboxylic acids is 2. The molecule has 4 rings (SSSR count). The average molecular weight is 424 g/mol. The molecule has 31 heavy (non-hydrogen) atoms. The molecule has 164 valence electrons. The van der Waals surface area contributed by atoms with E-state index in [1.807, 2.05) is 35.2 Å². The number of nitrogens with one attached hydrogen (secondary N) is 1. The van der Waals surface area contributed by atoms with Gasteiger partial charge < -0.3 is 14.4 Å². The molecule has 1 fully saturated rings. The zero-order chi connectivity index (χ0) is 21.6. The summed E-state index contributed by atoms with van der Waals surface area (Å²) in [6.45, 7) is 2.26. The Hall–Kier alpha value is -2.90. The third-order valence-electron chi connectivity index (χ3n) is 6.16. The summed E-state index contributed by atoms with van der Waals surface area (Å²) in [5.74, 6) is 0.596. The van der Waals surface area contributed by atoms with Crippen LogP contribution in [0, 0.1) is 5.92 Å². The molecular weight excluding hydrogens is 396 g/mol. The van der Waals surface area contributed by atoms with Gasteiger partial charge in [0.1, 0.15) is 12.4 Å². The van der Waals surface area contributed by atoms with Gasteiger partial charge in [0.15, 0.2) is 0 Å². The van der Waals surface area contributed by atoms with Crippen LogP contribution in [0.3, 0.4) is 0 Å². The second-order valence-corrected chi connectivity index (χ2v) is 8.12. The minimum atomic E-state index is -0.598. The first kappa shape index (κ1) is 21.3. The van der Waals surface area contributed by atoms with Gasteiger partial charge in [-0.3, -0.25) is 14.8 Å². The Morgan fingerprint density at radius 2 is 1.87 bits per heavy atom. The first-order valence-electron chi connectivity index (χ1n) is 10.8. The second kappa shape index (κ2) is 9.94. The molecule has 0 aromatic heterocycles. The first-order valence-corrected chi connectivity index (χ1v) is 10.8. The van der Waals surface area contributed by atoms with Crippen molar-refractivity contribution >= 4 is 11.8 Å². The summed E-state index contributed by atoms with van der Waals surface area (Å²) in [6.07, 6.45) is 3.38. The van der Waals surface area contributed by atoms with Crippen LogP contribution in [-0.2, 0) is 16.1 Å². The van der Waals surface area contributed by atoms with Gasteiger partial charge in [-0.25, -0.2) is 5.48 Å². The van der Waals surface area contributed by atoms with Crippen LogP contribution < -0.4 is 10.2 Å². The Bertz CT molecular complexity index is 911. The number of hydrogen-bond donors (Lipinski definition) is 2. The summed E-state index contributed by atoms with van der Waals surface area (Å²) >= 11 is 0. The summed E-state index contributed by atoms with van der Waals surface area (Å²) in [6, 6.07) is 14.7. The van der Waals surface area contributed by atoms with Crippen molar-refractivity contribution in [2.75, 3.05) is 19.8 Å². The number of rotatable bonds is 5. The topological polar surface area (TPSA) is 88.1 Å². The molecule has 1 saturated heterocycles. The van der Waals surface area contributed by atoms with Crippen molar-refractivity contribution in [2.24, 2.45) is 5.92 Å². The van der Waals surface area contributed by atoms with Gasteiger partial charge in [0, 0.05) is 30.8 Å². The van der Waals surface area contributed by atoms with Gasteiger partial charge in [0.25, 0.3) is 5.91 Å². The van der Waals surface area contributed by atoms with Gasteiger partial charge in [0.2, 0.25) is 5.91 Å². The molecule has 2 aromatic carbocycles. The highest BCUT2D eigenvalue weighted by atomic mass is 16.5. The van der Waals surface area contributed by atoms with Crippen LogP contribution in [0.5, 0.6) is 5.75 Å². The van der Waals surface area contributed by atoms with E-state index in [0.717, 1.165) is 43.6 Å². The molecule has 1 atom stereocenters. The van der Waals surface area contributed by atoms with E-state index in [0.29, 0.717) is 36.8 Å². The molecule has 2 aliphatic rings. The Kier molecular flexibility index (Phi) is 6.84. The summed E-state index contributed by atoms with van der Waals surface area (Å²) in [5, 5.41) is 8.92. The van der Waals surface area contributed by atoms with E-state index in [4.69, 9.17) is 14.7 Å². The first-order chi connectivity index (χ1) is 15.2. The van der Waals surface area contributed by atoms with Crippen molar-refractivity contribution in [1.82, 2.24) is 10.4 Å². The number of amides is 2. The zero-order valence-electron chi connectivity index (χ0n) is 17.5. The summed E-state index contributed by atoms with van der Waals surface area (Å²) < 4.78 is 11.5. The zero-order valence-corrected chi connectivity index (χ0v) is 17.5. The maximum absolute atomic E-state index is 13.4. The van der Waals surface area contributed by atoms with E-state index in [-0.39, 0.29) is 11.9 Å². The Morgan fingerprint density at radius 3 is 2.61 bits per heavy atom. The van der Waals surface area contributed by atoms with E-state index in [1.54, 1.807) is 23.7 Å². The molecule has 2 heterocycles. The summed E-state index contributed by atoms with van der Waals surface area (Å²) in [7, 11) is 0. The molecule has 0 unspecified atom stereocenters. The molecule has 7 nitrogen and oxygen atoms in total. The number of hydrogen-bond acceptors (Lipinski definition) is 5. The summed E-state index contributed by atoms with van der Waals surface area (Å²) in [5.41, 5.74) is 3.80. The van der Waals surface area contributed by atoms with E-state index in [1.165, 1.54) is 0 Å². The fraction of sp³-hybridized carbons (Fsp3) is 0.417. The molecule has 2 N–H and O–H groups in total. The van der Waals surface area contributed by atoms with Crippen LogP contribution in [0.4, 0.5) is 0 Å². The number of carbonyl (C=O) groups is 2. The predicted molar refractivity (Wildman–Crippen MR) is 114 cm³/mol. The quantitative estimate of drug-likeness (QED) is 0.567. The number of fused-ring (bicyclic) bond motifs is 1. The van der Waals surface area contributed by atoms with Crippen molar-refractivity contribution in [3.05, 3.63) is 65.2 Å². The van der Waals surface area contributed by atoms with Crippen molar-refractivity contribution < 1.29 is 24.3 Å². The Balaban J connectivity index is 1.57. The average Bonchev–Trinajstić information content (AvgIpc) is 3.02. The highest BCUT2D eigenvalue weighted by molar-refractivity contribution is 5.93. The van der Waals surface area contributed by atoms with Crippen molar-refractivity contribution in [1.29, 1.82) is 0 Å². The van der Waals surface area contributed by atoms with Crippen LogP contribution in [0.2, 0.25) is 0 Å². The highest BCUT2D eigenvalue weighted by Gasteiger charge is 2.30.